The summed E-state index contributed by atoms with van der Waals surface area (Å²) in [6, 6.07) is 5.44. The van der Waals surface area contributed by atoms with Crippen molar-refractivity contribution in [2.45, 2.75) is 51.3 Å². The van der Waals surface area contributed by atoms with E-state index >= 15 is 0 Å². The maximum absolute atomic E-state index is 13.3. The van der Waals surface area contributed by atoms with Crippen molar-refractivity contribution in [2.24, 2.45) is 0 Å². The van der Waals surface area contributed by atoms with Gasteiger partial charge >= 0.3 is 12.3 Å². The Bertz CT molecular complexity index is 1390. The van der Waals surface area contributed by atoms with Gasteiger partial charge in [0.15, 0.2) is 11.5 Å². The van der Waals surface area contributed by atoms with Gasteiger partial charge in [0.05, 0.1) is 41.8 Å². The standard InChI is InChI=1S/C24H26F3N7O5/c1-23(2,3)39-22(35)32-11-16-9-31(10-17(12-32)38-16)20-18-8-28-33(13-24(25,26)27)21(18)30-19(29-20)14-4-6-15(7-5-14)34(36)37/h4-8,16-17H,9-13H2,1-3H3. The molecule has 2 unspecified atom stereocenters. The molecule has 0 aliphatic carbocycles. The fraction of sp³-hybridized carbons (Fsp3) is 0.500. The fourth-order valence-corrected chi connectivity index (χ4v) is 4.67. The van der Waals surface area contributed by atoms with Gasteiger partial charge < -0.3 is 19.3 Å². The van der Waals surface area contributed by atoms with Crippen LogP contribution in [0.3, 0.4) is 0 Å². The van der Waals surface area contributed by atoms with Crippen LogP contribution in [-0.4, -0.2) is 85.8 Å². The number of rotatable bonds is 4. The van der Waals surface area contributed by atoms with Crippen molar-refractivity contribution in [2.75, 3.05) is 31.1 Å². The number of nitro groups is 1. The predicted molar refractivity (Wildman–Crippen MR) is 132 cm³/mol. The zero-order chi connectivity index (χ0) is 28.1. The number of benzene rings is 1. The second kappa shape index (κ2) is 9.63. The lowest BCUT2D eigenvalue weighted by Gasteiger charge is -2.46. The molecule has 5 rings (SSSR count). The van der Waals surface area contributed by atoms with Crippen molar-refractivity contribution >= 4 is 28.6 Å². The summed E-state index contributed by atoms with van der Waals surface area (Å²) in [5, 5.41) is 15.3. The molecule has 2 saturated heterocycles. The number of nitro benzene ring substituents is 1. The fourth-order valence-electron chi connectivity index (χ4n) is 4.67. The molecule has 3 aromatic rings. The van der Waals surface area contributed by atoms with Gasteiger partial charge in [0, 0.05) is 30.8 Å². The van der Waals surface area contributed by atoms with Gasteiger partial charge in [-0.3, -0.25) is 10.1 Å². The van der Waals surface area contributed by atoms with Crippen LogP contribution in [0.4, 0.5) is 29.5 Å². The molecule has 1 aromatic carbocycles. The number of aromatic nitrogens is 4. The minimum atomic E-state index is -4.53. The first-order valence-electron chi connectivity index (χ1n) is 12.2. The van der Waals surface area contributed by atoms with E-state index in [1.54, 1.807) is 25.7 Å². The van der Waals surface area contributed by atoms with Gasteiger partial charge in [-0.05, 0) is 32.9 Å². The van der Waals surface area contributed by atoms with Gasteiger partial charge in [-0.2, -0.15) is 18.3 Å². The highest BCUT2D eigenvalue weighted by Crippen LogP contribution is 2.32. The van der Waals surface area contributed by atoms with Crippen LogP contribution in [-0.2, 0) is 16.0 Å². The normalized spacial score (nSPS) is 19.8. The first-order chi connectivity index (χ1) is 18.3. The summed E-state index contributed by atoms with van der Waals surface area (Å²) in [7, 11) is 0. The van der Waals surface area contributed by atoms with Crippen LogP contribution in [0.15, 0.2) is 30.5 Å². The van der Waals surface area contributed by atoms with Crippen molar-refractivity contribution in [3.8, 4) is 11.4 Å². The molecule has 2 aromatic heterocycles. The lowest BCUT2D eigenvalue weighted by Crippen LogP contribution is -2.61. The summed E-state index contributed by atoms with van der Waals surface area (Å²) in [6.45, 7) is 5.20. The average Bonchev–Trinajstić information content (AvgIpc) is 3.23. The smallest absolute Gasteiger partial charge is 0.410 e. The molecule has 1 amide bonds. The summed E-state index contributed by atoms with van der Waals surface area (Å²) in [4.78, 5) is 35.6. The quantitative estimate of drug-likeness (QED) is 0.353. The maximum Gasteiger partial charge on any atom is 0.410 e. The van der Waals surface area contributed by atoms with Gasteiger partial charge in [0.1, 0.15) is 18.0 Å². The second-order valence-electron chi connectivity index (χ2n) is 10.5. The zero-order valence-corrected chi connectivity index (χ0v) is 21.4. The number of carbonyl (C=O) groups is 1. The molecule has 0 N–H and O–H groups in total. The highest BCUT2D eigenvalue weighted by atomic mass is 19.4. The molecule has 0 spiro atoms. The van der Waals surface area contributed by atoms with Crippen LogP contribution in [0.1, 0.15) is 20.8 Å². The minimum Gasteiger partial charge on any atom is -0.444 e. The Balaban J connectivity index is 1.49. The monoisotopic (exact) mass is 549 g/mol. The van der Waals surface area contributed by atoms with Crippen LogP contribution < -0.4 is 4.90 Å². The summed E-state index contributed by atoms with van der Waals surface area (Å²) in [5.74, 6) is 0.467. The number of nitrogens with zero attached hydrogens (tertiary/aromatic N) is 7. The number of carbonyl (C=O) groups excluding carboxylic acids is 1. The van der Waals surface area contributed by atoms with E-state index in [1.165, 1.54) is 30.5 Å². The van der Waals surface area contributed by atoms with E-state index in [-0.39, 0.29) is 42.5 Å². The zero-order valence-electron chi connectivity index (χ0n) is 21.4. The number of morpholine rings is 2. The molecule has 15 heteroatoms. The summed E-state index contributed by atoms with van der Waals surface area (Å²) in [6.07, 6.45) is -4.44. The molecule has 4 heterocycles. The molecule has 0 radical (unpaired) electrons. The second-order valence-corrected chi connectivity index (χ2v) is 10.5. The van der Waals surface area contributed by atoms with Crippen LogP contribution in [0.25, 0.3) is 22.4 Å². The summed E-state index contributed by atoms with van der Waals surface area (Å²) < 4.78 is 52.1. The molecule has 2 aliphatic heterocycles. The largest absolute Gasteiger partial charge is 0.444 e. The van der Waals surface area contributed by atoms with Crippen molar-refractivity contribution in [1.82, 2.24) is 24.6 Å². The predicted octanol–water partition coefficient (Wildman–Crippen LogP) is 3.79. The molecular formula is C24H26F3N7O5. The first kappa shape index (κ1) is 26.6. The highest BCUT2D eigenvalue weighted by Gasteiger charge is 2.39. The molecule has 2 bridgehead atoms. The number of alkyl halides is 3. The molecule has 2 atom stereocenters. The van der Waals surface area contributed by atoms with Crippen LogP contribution in [0.2, 0.25) is 0 Å². The topological polar surface area (TPSA) is 129 Å². The van der Waals surface area contributed by atoms with E-state index in [0.717, 1.165) is 4.68 Å². The van der Waals surface area contributed by atoms with Crippen molar-refractivity contribution in [1.29, 1.82) is 0 Å². The third kappa shape index (κ3) is 5.87. The number of amides is 1. The Morgan fingerprint density at radius 3 is 2.31 bits per heavy atom. The Hall–Kier alpha value is -4.01. The average molecular weight is 550 g/mol. The Morgan fingerprint density at radius 2 is 1.74 bits per heavy atom. The van der Waals surface area contributed by atoms with Gasteiger partial charge in [0.25, 0.3) is 5.69 Å². The van der Waals surface area contributed by atoms with Crippen molar-refractivity contribution in [3.63, 3.8) is 0 Å². The number of ether oxygens (including phenoxy) is 2. The van der Waals surface area contributed by atoms with Gasteiger partial charge in [-0.15, -0.1) is 0 Å². The molecule has 208 valence electrons. The Labute approximate surface area is 220 Å². The van der Waals surface area contributed by atoms with E-state index in [1.807, 2.05) is 4.90 Å². The minimum absolute atomic E-state index is 0.0160. The van der Waals surface area contributed by atoms with Crippen molar-refractivity contribution < 1.29 is 32.4 Å². The molecule has 2 fully saturated rings. The molecule has 0 saturated carbocycles. The first-order valence-corrected chi connectivity index (χ1v) is 12.2. The third-order valence-electron chi connectivity index (χ3n) is 6.17. The third-order valence-corrected chi connectivity index (χ3v) is 6.17. The lowest BCUT2D eigenvalue weighted by molar-refractivity contribution is -0.384. The van der Waals surface area contributed by atoms with Crippen LogP contribution in [0.5, 0.6) is 0 Å². The highest BCUT2D eigenvalue weighted by molar-refractivity contribution is 5.89. The summed E-state index contributed by atoms with van der Waals surface area (Å²) in [5.41, 5.74) is -0.406. The Morgan fingerprint density at radius 1 is 1.10 bits per heavy atom. The summed E-state index contributed by atoms with van der Waals surface area (Å²) >= 11 is 0. The van der Waals surface area contributed by atoms with E-state index in [2.05, 4.69) is 15.1 Å². The number of hydrogen-bond acceptors (Lipinski definition) is 9. The molecular weight excluding hydrogens is 523 g/mol. The SMILES string of the molecule is CC(C)(C)OC(=O)N1CC2CN(c3nc(-c4ccc([N+](=O)[O-])cc4)nc4c3cnn4CC(F)(F)F)CC(C1)O2. The molecule has 2 aliphatic rings. The number of non-ortho nitro benzene ring substituents is 1. The Kier molecular flexibility index (Phi) is 6.56. The van der Waals surface area contributed by atoms with Crippen LogP contribution in [0, 0.1) is 10.1 Å². The maximum atomic E-state index is 13.3. The van der Waals surface area contributed by atoms with E-state index in [4.69, 9.17) is 9.47 Å². The molecule has 12 nitrogen and oxygen atoms in total. The van der Waals surface area contributed by atoms with E-state index < -0.39 is 29.3 Å². The van der Waals surface area contributed by atoms with E-state index in [0.29, 0.717) is 29.9 Å². The van der Waals surface area contributed by atoms with Gasteiger partial charge in [0.2, 0.25) is 0 Å². The van der Waals surface area contributed by atoms with E-state index in [9.17, 15) is 28.1 Å². The number of anilines is 1. The number of hydrogen-bond donors (Lipinski definition) is 0. The van der Waals surface area contributed by atoms with Crippen LogP contribution >= 0.6 is 0 Å². The number of fused-ring (bicyclic) bond motifs is 3. The van der Waals surface area contributed by atoms with Gasteiger partial charge in [-0.25, -0.2) is 19.4 Å². The molecule has 39 heavy (non-hydrogen) atoms. The van der Waals surface area contributed by atoms with Gasteiger partial charge in [-0.1, -0.05) is 0 Å². The van der Waals surface area contributed by atoms with Crippen molar-refractivity contribution in [3.05, 3.63) is 40.6 Å². The number of halogens is 3. The lowest BCUT2D eigenvalue weighted by atomic mass is 10.1.